The van der Waals surface area contributed by atoms with Gasteiger partial charge in [0, 0.05) is 34.6 Å². The first-order chi connectivity index (χ1) is 12.6. The van der Waals surface area contributed by atoms with Crippen LogP contribution in [0.15, 0.2) is 53.3 Å². The third-order valence-electron chi connectivity index (χ3n) is 4.10. The largest absolute Gasteiger partial charge is 0.497 e. The number of pyridine rings is 1. The van der Waals surface area contributed by atoms with E-state index in [1.54, 1.807) is 56.7 Å². The third-order valence-corrected chi connectivity index (χ3v) is 4.10. The van der Waals surface area contributed by atoms with Crippen LogP contribution < -0.4 is 20.3 Å². The molecule has 0 aliphatic heterocycles. The van der Waals surface area contributed by atoms with Gasteiger partial charge in [-0.2, -0.15) is 0 Å². The molecule has 6 heteroatoms. The van der Waals surface area contributed by atoms with Gasteiger partial charge >= 0.3 is 0 Å². The average molecular weight is 352 g/mol. The summed E-state index contributed by atoms with van der Waals surface area (Å²) in [5.41, 5.74) is 1.77. The van der Waals surface area contributed by atoms with E-state index in [2.05, 4.69) is 10.3 Å². The maximum absolute atomic E-state index is 12.2. The Morgan fingerprint density at radius 1 is 1.04 bits per heavy atom. The van der Waals surface area contributed by atoms with Gasteiger partial charge in [-0.1, -0.05) is 6.07 Å². The summed E-state index contributed by atoms with van der Waals surface area (Å²) in [4.78, 5) is 27.2. The maximum Gasteiger partial charge on any atom is 0.251 e. The van der Waals surface area contributed by atoms with Crippen LogP contribution in [-0.4, -0.2) is 25.1 Å². The van der Waals surface area contributed by atoms with Gasteiger partial charge in [-0.3, -0.25) is 9.59 Å². The summed E-state index contributed by atoms with van der Waals surface area (Å²) >= 11 is 0. The Morgan fingerprint density at radius 2 is 1.81 bits per heavy atom. The maximum atomic E-state index is 12.2. The number of anilines is 1. The fourth-order valence-corrected chi connectivity index (χ4v) is 2.72. The predicted molar refractivity (Wildman–Crippen MR) is 101 cm³/mol. The molecule has 26 heavy (non-hydrogen) atoms. The number of amides is 1. The number of hydrogen-bond donors (Lipinski definition) is 2. The van der Waals surface area contributed by atoms with E-state index < -0.39 is 0 Å². The number of aromatic nitrogens is 1. The molecule has 0 saturated heterocycles. The summed E-state index contributed by atoms with van der Waals surface area (Å²) < 4.78 is 10.3. The van der Waals surface area contributed by atoms with Crippen molar-refractivity contribution >= 4 is 22.5 Å². The number of nitrogens with one attached hydrogen (secondary N) is 2. The summed E-state index contributed by atoms with van der Waals surface area (Å²) in [6.07, 6.45) is 0.550. The highest BCUT2D eigenvalue weighted by Crippen LogP contribution is 2.20. The number of fused-ring (bicyclic) bond motifs is 1. The van der Waals surface area contributed by atoms with Crippen LogP contribution in [0.2, 0.25) is 0 Å². The van der Waals surface area contributed by atoms with Gasteiger partial charge < -0.3 is 19.8 Å². The van der Waals surface area contributed by atoms with Gasteiger partial charge in [0.05, 0.1) is 14.2 Å². The molecule has 0 aliphatic rings. The number of ether oxygens (including phenoxy) is 2. The zero-order valence-corrected chi connectivity index (χ0v) is 14.7. The van der Waals surface area contributed by atoms with E-state index >= 15 is 0 Å². The summed E-state index contributed by atoms with van der Waals surface area (Å²) in [6, 6.07) is 14.4. The van der Waals surface area contributed by atoms with Gasteiger partial charge in [0.15, 0.2) is 0 Å². The van der Waals surface area contributed by atoms with E-state index in [4.69, 9.17) is 9.47 Å². The third kappa shape index (κ3) is 4.03. The lowest BCUT2D eigenvalue weighted by Gasteiger charge is -2.08. The minimum atomic E-state index is -0.183. The van der Waals surface area contributed by atoms with E-state index in [1.165, 1.54) is 0 Å². The molecule has 3 rings (SSSR count). The Hall–Kier alpha value is -3.28. The van der Waals surface area contributed by atoms with E-state index in [0.29, 0.717) is 29.2 Å². The Kier molecular flexibility index (Phi) is 5.22. The zero-order chi connectivity index (χ0) is 18.5. The second kappa shape index (κ2) is 7.74. The van der Waals surface area contributed by atoms with Gasteiger partial charge in [0.1, 0.15) is 11.5 Å². The molecule has 0 radical (unpaired) electrons. The molecule has 6 nitrogen and oxygen atoms in total. The number of methoxy groups -OCH3 is 2. The molecule has 1 amide bonds. The molecule has 1 heterocycles. The van der Waals surface area contributed by atoms with Crippen molar-refractivity contribution in [1.29, 1.82) is 0 Å². The van der Waals surface area contributed by atoms with Crippen molar-refractivity contribution in [2.75, 3.05) is 19.5 Å². The molecule has 1 aromatic heterocycles. The minimum absolute atomic E-state index is 0.164. The van der Waals surface area contributed by atoms with E-state index in [0.717, 1.165) is 10.9 Å². The summed E-state index contributed by atoms with van der Waals surface area (Å²) in [5.74, 6) is 1.22. The Bertz CT molecular complexity index is 995. The molecule has 0 fully saturated rings. The van der Waals surface area contributed by atoms with Gasteiger partial charge in [0.25, 0.3) is 5.56 Å². The Labute approximate surface area is 150 Å². The fraction of sp³-hybridized carbons (Fsp3) is 0.200. The molecule has 0 bridgehead atoms. The van der Waals surface area contributed by atoms with Gasteiger partial charge in [-0.05, 0) is 42.8 Å². The van der Waals surface area contributed by atoms with Crippen molar-refractivity contribution in [2.45, 2.75) is 12.8 Å². The number of aromatic amines is 1. The Morgan fingerprint density at radius 3 is 2.58 bits per heavy atom. The van der Waals surface area contributed by atoms with Crippen molar-refractivity contribution in [2.24, 2.45) is 0 Å². The molecule has 134 valence electrons. The Balaban J connectivity index is 1.71. The van der Waals surface area contributed by atoms with Crippen LogP contribution in [0.25, 0.3) is 10.9 Å². The van der Waals surface area contributed by atoms with Crippen LogP contribution in [0.4, 0.5) is 5.69 Å². The van der Waals surface area contributed by atoms with Crippen LogP contribution in [-0.2, 0) is 11.2 Å². The van der Waals surface area contributed by atoms with Crippen molar-refractivity contribution < 1.29 is 14.3 Å². The highest BCUT2D eigenvalue weighted by atomic mass is 16.5. The minimum Gasteiger partial charge on any atom is -0.497 e. The second-order valence-corrected chi connectivity index (χ2v) is 5.86. The zero-order valence-electron chi connectivity index (χ0n) is 14.7. The second-order valence-electron chi connectivity index (χ2n) is 5.86. The predicted octanol–water partition coefficient (Wildman–Crippen LogP) is 3.12. The molecule has 2 aromatic carbocycles. The molecule has 0 unspecified atom stereocenters. The summed E-state index contributed by atoms with van der Waals surface area (Å²) in [6.45, 7) is 0. The van der Waals surface area contributed by atoms with Gasteiger partial charge in [-0.15, -0.1) is 0 Å². The quantitative estimate of drug-likeness (QED) is 0.714. The molecular formula is C20H20N2O4. The highest BCUT2D eigenvalue weighted by molar-refractivity contribution is 5.91. The number of hydrogen-bond acceptors (Lipinski definition) is 4. The van der Waals surface area contributed by atoms with Crippen molar-refractivity contribution in [1.82, 2.24) is 4.98 Å². The molecule has 0 aliphatic carbocycles. The smallest absolute Gasteiger partial charge is 0.251 e. The van der Waals surface area contributed by atoms with Gasteiger partial charge in [-0.25, -0.2) is 0 Å². The normalized spacial score (nSPS) is 10.5. The monoisotopic (exact) mass is 352 g/mol. The number of carbonyl (C=O) groups is 1. The molecule has 0 atom stereocenters. The standard InChI is InChI=1S/C20H20N2O4/c1-25-16-5-3-4-15(12-16)21-19(23)9-6-13-10-14-11-17(26-2)7-8-18(14)22-20(13)24/h3-5,7-8,10-12H,6,9H2,1-2H3,(H,21,23)(H,22,24). The van der Waals surface area contributed by atoms with Crippen LogP contribution in [0.5, 0.6) is 11.5 Å². The van der Waals surface area contributed by atoms with Crippen LogP contribution in [0, 0.1) is 0 Å². The van der Waals surface area contributed by atoms with Crippen molar-refractivity contribution in [3.05, 3.63) is 64.4 Å². The lowest BCUT2D eigenvalue weighted by Crippen LogP contribution is -2.17. The summed E-state index contributed by atoms with van der Waals surface area (Å²) in [5, 5.41) is 3.68. The lowest BCUT2D eigenvalue weighted by molar-refractivity contribution is -0.116. The van der Waals surface area contributed by atoms with Crippen LogP contribution >= 0.6 is 0 Å². The van der Waals surface area contributed by atoms with Crippen LogP contribution in [0.3, 0.4) is 0 Å². The molecule has 0 saturated carbocycles. The van der Waals surface area contributed by atoms with Crippen molar-refractivity contribution in [3.63, 3.8) is 0 Å². The SMILES string of the molecule is COc1cccc(NC(=O)CCc2cc3cc(OC)ccc3[nH]c2=O)c1. The summed E-state index contributed by atoms with van der Waals surface area (Å²) in [7, 11) is 3.17. The first-order valence-corrected chi connectivity index (χ1v) is 8.23. The number of rotatable bonds is 6. The van der Waals surface area contributed by atoms with E-state index in [-0.39, 0.29) is 17.9 Å². The highest BCUT2D eigenvalue weighted by Gasteiger charge is 2.08. The van der Waals surface area contributed by atoms with E-state index in [9.17, 15) is 9.59 Å². The molecule has 0 spiro atoms. The lowest BCUT2D eigenvalue weighted by atomic mass is 10.1. The fourth-order valence-electron chi connectivity index (χ4n) is 2.72. The number of benzene rings is 2. The number of aryl methyl sites for hydroxylation is 1. The van der Waals surface area contributed by atoms with E-state index in [1.807, 2.05) is 6.07 Å². The van der Waals surface area contributed by atoms with Gasteiger partial charge in [0.2, 0.25) is 5.91 Å². The first-order valence-electron chi connectivity index (χ1n) is 8.23. The number of carbonyl (C=O) groups excluding carboxylic acids is 1. The molecular weight excluding hydrogens is 332 g/mol. The molecule has 3 aromatic rings. The average Bonchev–Trinajstić information content (AvgIpc) is 2.66. The topological polar surface area (TPSA) is 80.4 Å². The van der Waals surface area contributed by atoms with Crippen molar-refractivity contribution in [3.8, 4) is 11.5 Å². The molecule has 2 N–H and O–H groups in total. The van der Waals surface area contributed by atoms with Crippen LogP contribution in [0.1, 0.15) is 12.0 Å². The number of H-pyrrole nitrogens is 1. The first kappa shape index (κ1) is 17.5.